The third-order valence-corrected chi connectivity index (χ3v) is 5.41. The van der Waals surface area contributed by atoms with E-state index in [0.29, 0.717) is 11.4 Å². The summed E-state index contributed by atoms with van der Waals surface area (Å²) in [6, 6.07) is 9.37. The minimum Gasteiger partial charge on any atom is -0.497 e. The fourth-order valence-electron chi connectivity index (χ4n) is 1.68. The number of sulfonamides is 1. The van der Waals surface area contributed by atoms with Crippen LogP contribution in [-0.4, -0.2) is 15.5 Å². The van der Waals surface area contributed by atoms with Gasteiger partial charge in [-0.2, -0.15) is 0 Å². The van der Waals surface area contributed by atoms with Gasteiger partial charge >= 0.3 is 0 Å². The molecule has 5 nitrogen and oxygen atoms in total. The van der Waals surface area contributed by atoms with E-state index in [9.17, 15) is 8.42 Å². The Hall–Kier alpha value is -1.44. The van der Waals surface area contributed by atoms with E-state index < -0.39 is 10.0 Å². The van der Waals surface area contributed by atoms with Gasteiger partial charge in [0.05, 0.1) is 17.3 Å². The quantitative estimate of drug-likeness (QED) is 0.782. The van der Waals surface area contributed by atoms with Gasteiger partial charge in [-0.25, -0.2) is 8.42 Å². The summed E-state index contributed by atoms with van der Waals surface area (Å²) in [5, 5.41) is 0.238. The second-order valence-corrected chi connectivity index (χ2v) is 7.02. The molecule has 0 fully saturated rings. The molecule has 21 heavy (non-hydrogen) atoms. The van der Waals surface area contributed by atoms with Crippen LogP contribution in [0, 0.1) is 0 Å². The van der Waals surface area contributed by atoms with Gasteiger partial charge in [-0.05, 0) is 40.2 Å². The lowest BCUT2D eigenvalue weighted by Crippen LogP contribution is -2.14. The maximum absolute atomic E-state index is 12.4. The highest BCUT2D eigenvalue weighted by Crippen LogP contribution is 2.32. The van der Waals surface area contributed by atoms with E-state index in [1.165, 1.54) is 19.2 Å². The van der Waals surface area contributed by atoms with Crippen molar-refractivity contribution in [1.29, 1.82) is 0 Å². The highest BCUT2D eigenvalue weighted by molar-refractivity contribution is 9.10. The molecule has 0 spiro atoms. The maximum Gasteiger partial charge on any atom is 0.263 e. The van der Waals surface area contributed by atoms with Crippen LogP contribution in [0.1, 0.15) is 0 Å². The molecule has 0 aliphatic carbocycles. The Balaban J connectivity index is 2.43. The molecule has 2 aromatic carbocycles. The highest BCUT2D eigenvalue weighted by Gasteiger charge is 2.20. The molecule has 0 aliphatic heterocycles. The molecule has 0 heterocycles. The minimum atomic E-state index is -3.83. The number of hydrogen-bond donors (Lipinski definition) is 2. The van der Waals surface area contributed by atoms with Crippen LogP contribution in [0.5, 0.6) is 5.75 Å². The van der Waals surface area contributed by atoms with Crippen molar-refractivity contribution in [2.24, 2.45) is 0 Å². The zero-order chi connectivity index (χ0) is 15.6. The predicted molar refractivity (Wildman–Crippen MR) is 87.4 cm³/mol. The third kappa shape index (κ3) is 3.61. The first-order valence-electron chi connectivity index (χ1n) is 5.75. The lowest BCUT2D eigenvalue weighted by Gasteiger charge is -2.12. The van der Waals surface area contributed by atoms with E-state index in [1.807, 2.05) is 0 Å². The van der Waals surface area contributed by atoms with Crippen LogP contribution in [0.2, 0.25) is 5.02 Å². The molecule has 0 saturated carbocycles. The summed E-state index contributed by atoms with van der Waals surface area (Å²) in [7, 11) is -2.33. The summed E-state index contributed by atoms with van der Waals surface area (Å²) in [4.78, 5) is -0.0321. The number of anilines is 2. The van der Waals surface area contributed by atoms with E-state index >= 15 is 0 Å². The number of nitrogens with one attached hydrogen (secondary N) is 1. The molecule has 2 aromatic rings. The molecule has 8 heteroatoms. The number of nitrogen functional groups attached to an aromatic ring is 1. The molecule has 2 rings (SSSR count). The van der Waals surface area contributed by atoms with Crippen molar-refractivity contribution >= 4 is 48.9 Å². The SMILES string of the molecule is COc1cccc(NS(=O)(=O)c2cc(Cl)cc(N)c2Br)c1. The van der Waals surface area contributed by atoms with Crippen LogP contribution in [-0.2, 0) is 10.0 Å². The largest absolute Gasteiger partial charge is 0.497 e. The van der Waals surface area contributed by atoms with Gasteiger partial charge in [0.15, 0.2) is 0 Å². The van der Waals surface area contributed by atoms with Crippen LogP contribution in [0.3, 0.4) is 0 Å². The summed E-state index contributed by atoms with van der Waals surface area (Å²) in [5.41, 5.74) is 6.33. The number of methoxy groups -OCH3 is 1. The van der Waals surface area contributed by atoms with Gasteiger partial charge in [-0.1, -0.05) is 17.7 Å². The lowest BCUT2D eigenvalue weighted by molar-refractivity contribution is 0.415. The summed E-state index contributed by atoms with van der Waals surface area (Å²) < 4.78 is 32.6. The Bertz CT molecular complexity index is 781. The van der Waals surface area contributed by atoms with E-state index in [4.69, 9.17) is 22.1 Å². The van der Waals surface area contributed by atoms with Crippen LogP contribution < -0.4 is 15.2 Å². The molecule has 0 radical (unpaired) electrons. The molecule has 0 bridgehead atoms. The highest BCUT2D eigenvalue weighted by atomic mass is 79.9. The Morgan fingerprint density at radius 3 is 2.67 bits per heavy atom. The van der Waals surface area contributed by atoms with Crippen molar-refractivity contribution in [1.82, 2.24) is 0 Å². The number of nitrogens with two attached hydrogens (primary N) is 1. The normalized spacial score (nSPS) is 11.2. The molecule has 112 valence electrons. The van der Waals surface area contributed by atoms with Gasteiger partial charge in [-0.15, -0.1) is 0 Å². The van der Waals surface area contributed by atoms with Gasteiger partial charge in [0.25, 0.3) is 10.0 Å². The van der Waals surface area contributed by atoms with Gasteiger partial charge in [0.1, 0.15) is 10.6 Å². The second-order valence-electron chi connectivity index (χ2n) is 4.14. The van der Waals surface area contributed by atoms with Crippen LogP contribution in [0.15, 0.2) is 45.8 Å². The standard InChI is InChI=1S/C13H12BrClN2O3S/c1-20-10-4-2-3-9(7-10)17-21(18,19)12-6-8(15)5-11(16)13(12)14/h2-7,17H,16H2,1H3. The summed E-state index contributed by atoms with van der Waals surface area (Å²) in [6.45, 7) is 0. The minimum absolute atomic E-state index is 0.0321. The Morgan fingerprint density at radius 1 is 1.29 bits per heavy atom. The number of benzene rings is 2. The molecule has 0 saturated heterocycles. The summed E-state index contributed by atoms with van der Waals surface area (Å²) in [5.74, 6) is 0.542. The van der Waals surface area contributed by atoms with Crippen molar-refractivity contribution in [3.05, 3.63) is 45.9 Å². The van der Waals surface area contributed by atoms with E-state index in [-0.39, 0.29) is 20.1 Å². The fraction of sp³-hybridized carbons (Fsp3) is 0.0769. The van der Waals surface area contributed by atoms with E-state index in [0.717, 1.165) is 0 Å². The first-order chi connectivity index (χ1) is 9.83. The van der Waals surface area contributed by atoms with Gasteiger partial charge in [0.2, 0.25) is 0 Å². The van der Waals surface area contributed by atoms with Gasteiger partial charge in [-0.3, -0.25) is 4.72 Å². The Morgan fingerprint density at radius 2 is 2.00 bits per heavy atom. The molecular weight excluding hydrogens is 380 g/mol. The van der Waals surface area contributed by atoms with Crippen molar-refractivity contribution in [3.63, 3.8) is 0 Å². The monoisotopic (exact) mass is 390 g/mol. The first kappa shape index (κ1) is 15.9. The third-order valence-electron chi connectivity index (χ3n) is 2.64. The van der Waals surface area contributed by atoms with Crippen molar-refractivity contribution in [2.45, 2.75) is 4.90 Å². The zero-order valence-corrected chi connectivity index (χ0v) is 14.1. The van der Waals surface area contributed by atoms with Gasteiger partial charge in [0, 0.05) is 16.8 Å². The number of rotatable bonds is 4. The van der Waals surface area contributed by atoms with E-state index in [2.05, 4.69) is 20.7 Å². The molecule has 0 aromatic heterocycles. The van der Waals surface area contributed by atoms with E-state index in [1.54, 1.807) is 24.3 Å². The molecule has 0 unspecified atom stereocenters. The van der Waals surface area contributed by atoms with Crippen LogP contribution in [0.25, 0.3) is 0 Å². The maximum atomic E-state index is 12.4. The Labute approximate surface area is 136 Å². The average molecular weight is 392 g/mol. The number of ether oxygens (including phenoxy) is 1. The molecular formula is C13H12BrClN2O3S. The molecule has 0 aliphatic rings. The molecule has 0 atom stereocenters. The van der Waals surface area contributed by atoms with Crippen molar-refractivity contribution in [3.8, 4) is 5.75 Å². The lowest BCUT2D eigenvalue weighted by atomic mass is 10.3. The number of hydrogen-bond acceptors (Lipinski definition) is 4. The first-order valence-corrected chi connectivity index (χ1v) is 8.40. The fourth-order valence-corrected chi connectivity index (χ4v) is 4.02. The van der Waals surface area contributed by atoms with Crippen LogP contribution in [0.4, 0.5) is 11.4 Å². The topological polar surface area (TPSA) is 81.4 Å². The molecule has 3 N–H and O–H groups in total. The van der Waals surface area contributed by atoms with Gasteiger partial charge < -0.3 is 10.5 Å². The molecule has 0 amide bonds. The summed E-state index contributed by atoms with van der Waals surface area (Å²) in [6.07, 6.45) is 0. The second kappa shape index (κ2) is 6.13. The van der Waals surface area contributed by atoms with Crippen molar-refractivity contribution in [2.75, 3.05) is 17.6 Å². The smallest absolute Gasteiger partial charge is 0.263 e. The Kier molecular flexibility index (Phi) is 4.65. The van der Waals surface area contributed by atoms with Crippen molar-refractivity contribution < 1.29 is 13.2 Å². The van der Waals surface area contributed by atoms with Crippen LogP contribution >= 0.6 is 27.5 Å². The average Bonchev–Trinajstić information content (AvgIpc) is 2.42. The zero-order valence-electron chi connectivity index (χ0n) is 10.9. The number of halogens is 2. The summed E-state index contributed by atoms with van der Waals surface area (Å²) >= 11 is 9.03. The predicted octanol–water partition coefficient (Wildman–Crippen LogP) is 3.49.